The summed E-state index contributed by atoms with van der Waals surface area (Å²) in [5.41, 5.74) is 9.83. The first kappa shape index (κ1) is 21.9. The lowest BCUT2D eigenvalue weighted by Crippen LogP contribution is -2.13. The van der Waals surface area contributed by atoms with Gasteiger partial charge in [-0.05, 0) is 47.4 Å². The van der Waals surface area contributed by atoms with Gasteiger partial charge in [0.25, 0.3) is 0 Å². The molecule has 0 atom stereocenters. The van der Waals surface area contributed by atoms with Crippen molar-refractivity contribution in [3.8, 4) is 28.2 Å². The van der Waals surface area contributed by atoms with Crippen molar-refractivity contribution < 1.29 is 0 Å². The molecule has 0 aliphatic rings. The fourth-order valence-corrected chi connectivity index (χ4v) is 4.34. The number of aromatic nitrogens is 5. The van der Waals surface area contributed by atoms with Crippen molar-refractivity contribution in [1.29, 1.82) is 0 Å². The van der Waals surface area contributed by atoms with Crippen molar-refractivity contribution in [3.63, 3.8) is 0 Å². The molecule has 0 aliphatic carbocycles. The lowest BCUT2D eigenvalue weighted by Gasteiger charge is -2.06. The predicted molar refractivity (Wildman–Crippen MR) is 144 cm³/mol. The van der Waals surface area contributed by atoms with E-state index in [0.717, 1.165) is 40.3 Å². The molecule has 6 rings (SSSR count). The van der Waals surface area contributed by atoms with Crippen LogP contribution in [0.1, 0.15) is 16.8 Å². The Bertz CT molecular complexity index is 1600. The van der Waals surface area contributed by atoms with E-state index in [1.165, 1.54) is 22.3 Å². The number of aromatic amines is 1. The monoisotopic (exact) mass is 470 g/mol. The first-order chi connectivity index (χ1) is 17.7. The van der Waals surface area contributed by atoms with Gasteiger partial charge < -0.3 is 10.3 Å². The standard InChI is InChI=1S/C30H26N6/c1-21-6-5-9-28-29(21)34-30(33-28)25-16-14-24(15-17-25)23-12-10-22(11-13-23)18-31-19-26-20-32-36(35-26)27-7-3-2-4-8-27/h2-17,20,31H,18-19H2,1H3,(H,33,34). The topological polar surface area (TPSA) is 71.4 Å². The van der Waals surface area contributed by atoms with Crippen LogP contribution in [0, 0.1) is 6.92 Å². The van der Waals surface area contributed by atoms with E-state index >= 15 is 0 Å². The summed E-state index contributed by atoms with van der Waals surface area (Å²) in [5.74, 6) is 0.899. The van der Waals surface area contributed by atoms with E-state index in [1.54, 1.807) is 11.0 Å². The average Bonchev–Trinajstić information content (AvgIpc) is 3.58. The summed E-state index contributed by atoms with van der Waals surface area (Å²) in [5, 5.41) is 12.4. The number of para-hydroxylation sites is 2. The minimum Gasteiger partial charge on any atom is -0.338 e. The van der Waals surface area contributed by atoms with Gasteiger partial charge in [-0.15, -0.1) is 0 Å². The maximum Gasteiger partial charge on any atom is 0.138 e. The third-order valence-corrected chi connectivity index (χ3v) is 6.32. The molecule has 0 saturated carbocycles. The zero-order valence-electron chi connectivity index (χ0n) is 20.0. The van der Waals surface area contributed by atoms with Crippen molar-refractivity contribution in [3.05, 3.63) is 120 Å². The Balaban J connectivity index is 1.08. The second-order valence-corrected chi connectivity index (χ2v) is 8.90. The van der Waals surface area contributed by atoms with Gasteiger partial charge in [0.15, 0.2) is 0 Å². The Morgan fingerprint density at radius 3 is 2.22 bits per heavy atom. The van der Waals surface area contributed by atoms with Crippen LogP contribution in [0.4, 0.5) is 0 Å². The average molecular weight is 471 g/mol. The SMILES string of the molecule is Cc1cccc2[nH]c(-c3ccc(-c4ccc(CNCc5cnn(-c6ccccc6)n5)cc4)cc3)nc12. The first-order valence-corrected chi connectivity index (χ1v) is 12.1. The van der Waals surface area contributed by atoms with Gasteiger partial charge in [0, 0.05) is 18.7 Å². The van der Waals surface area contributed by atoms with E-state index in [4.69, 9.17) is 4.98 Å². The molecular weight excluding hydrogens is 444 g/mol. The van der Waals surface area contributed by atoms with Crippen molar-refractivity contribution in [1.82, 2.24) is 30.3 Å². The molecule has 36 heavy (non-hydrogen) atoms. The Morgan fingerprint density at radius 2 is 1.47 bits per heavy atom. The quantitative estimate of drug-likeness (QED) is 0.297. The molecule has 2 heterocycles. The van der Waals surface area contributed by atoms with E-state index in [0.29, 0.717) is 6.54 Å². The zero-order chi connectivity index (χ0) is 24.3. The van der Waals surface area contributed by atoms with Gasteiger partial charge >= 0.3 is 0 Å². The third kappa shape index (κ3) is 4.54. The molecule has 6 aromatic rings. The maximum absolute atomic E-state index is 4.79. The summed E-state index contributed by atoms with van der Waals surface area (Å²) in [4.78, 5) is 9.88. The molecule has 6 heteroatoms. The van der Waals surface area contributed by atoms with Crippen LogP contribution in [0.3, 0.4) is 0 Å². The van der Waals surface area contributed by atoms with Crippen molar-refractivity contribution >= 4 is 11.0 Å². The molecule has 0 amide bonds. The number of rotatable bonds is 7. The second kappa shape index (κ2) is 9.60. The lowest BCUT2D eigenvalue weighted by molar-refractivity contribution is 0.662. The third-order valence-electron chi connectivity index (χ3n) is 6.32. The van der Waals surface area contributed by atoms with Crippen LogP contribution in [-0.4, -0.2) is 25.0 Å². The highest BCUT2D eigenvalue weighted by Crippen LogP contribution is 2.26. The fourth-order valence-electron chi connectivity index (χ4n) is 4.34. The molecule has 4 aromatic carbocycles. The fraction of sp³-hybridized carbons (Fsp3) is 0.100. The number of H-pyrrole nitrogens is 1. The number of fused-ring (bicyclic) bond motifs is 1. The summed E-state index contributed by atoms with van der Waals surface area (Å²) in [6, 6.07) is 33.4. The van der Waals surface area contributed by atoms with Crippen LogP contribution >= 0.6 is 0 Å². The van der Waals surface area contributed by atoms with Gasteiger partial charge in [0.1, 0.15) is 5.82 Å². The minimum absolute atomic E-state index is 0.664. The highest BCUT2D eigenvalue weighted by atomic mass is 15.5. The number of hydrogen-bond donors (Lipinski definition) is 2. The van der Waals surface area contributed by atoms with Crippen molar-refractivity contribution in [2.45, 2.75) is 20.0 Å². The molecule has 0 spiro atoms. The molecule has 0 aliphatic heterocycles. The van der Waals surface area contributed by atoms with Gasteiger partial charge in [-0.25, -0.2) is 4.98 Å². The number of hydrogen-bond acceptors (Lipinski definition) is 4. The smallest absolute Gasteiger partial charge is 0.138 e. The van der Waals surface area contributed by atoms with Gasteiger partial charge in [0.2, 0.25) is 0 Å². The molecule has 0 radical (unpaired) electrons. The number of nitrogens with one attached hydrogen (secondary N) is 2. The highest BCUT2D eigenvalue weighted by Gasteiger charge is 2.08. The summed E-state index contributed by atoms with van der Waals surface area (Å²) < 4.78 is 0. The van der Waals surface area contributed by atoms with Gasteiger partial charge in [0.05, 0.1) is 28.6 Å². The van der Waals surface area contributed by atoms with Gasteiger partial charge in [-0.1, -0.05) is 78.9 Å². The van der Waals surface area contributed by atoms with E-state index in [9.17, 15) is 0 Å². The zero-order valence-corrected chi connectivity index (χ0v) is 20.0. The molecule has 0 bridgehead atoms. The van der Waals surface area contributed by atoms with Crippen LogP contribution in [-0.2, 0) is 13.1 Å². The number of benzene rings is 4. The molecule has 0 saturated heterocycles. The Morgan fingerprint density at radius 1 is 0.750 bits per heavy atom. The van der Waals surface area contributed by atoms with Crippen molar-refractivity contribution in [2.75, 3.05) is 0 Å². The molecule has 0 fully saturated rings. The molecule has 176 valence electrons. The molecule has 2 aromatic heterocycles. The van der Waals surface area contributed by atoms with E-state index in [1.807, 2.05) is 30.3 Å². The minimum atomic E-state index is 0.664. The summed E-state index contributed by atoms with van der Waals surface area (Å²) in [6.07, 6.45) is 1.80. The van der Waals surface area contributed by atoms with Crippen molar-refractivity contribution in [2.24, 2.45) is 0 Å². The second-order valence-electron chi connectivity index (χ2n) is 8.90. The molecular formula is C30H26N6. The first-order valence-electron chi connectivity index (χ1n) is 12.1. The van der Waals surface area contributed by atoms with Gasteiger partial charge in [-0.3, -0.25) is 0 Å². The van der Waals surface area contributed by atoms with Crippen LogP contribution in [0.25, 0.3) is 39.2 Å². The molecule has 2 N–H and O–H groups in total. The molecule has 0 unspecified atom stereocenters. The summed E-state index contributed by atoms with van der Waals surface area (Å²) >= 11 is 0. The van der Waals surface area contributed by atoms with Crippen LogP contribution in [0.5, 0.6) is 0 Å². The number of aryl methyl sites for hydroxylation is 1. The maximum atomic E-state index is 4.79. The van der Waals surface area contributed by atoms with Crippen LogP contribution < -0.4 is 5.32 Å². The lowest BCUT2D eigenvalue weighted by atomic mass is 10.0. The van der Waals surface area contributed by atoms with Crippen LogP contribution in [0.2, 0.25) is 0 Å². The van der Waals surface area contributed by atoms with Gasteiger partial charge in [-0.2, -0.15) is 15.0 Å². The van der Waals surface area contributed by atoms with E-state index in [2.05, 4.69) is 94.2 Å². The van der Waals surface area contributed by atoms with E-state index in [-0.39, 0.29) is 0 Å². The number of nitrogens with zero attached hydrogens (tertiary/aromatic N) is 4. The van der Waals surface area contributed by atoms with Crippen LogP contribution in [0.15, 0.2) is 103 Å². The number of imidazole rings is 1. The Kier molecular flexibility index (Phi) is 5.85. The Hall–Kier alpha value is -4.55. The highest BCUT2D eigenvalue weighted by molar-refractivity contribution is 5.82. The predicted octanol–water partition coefficient (Wildman–Crippen LogP) is 6.08. The molecule has 6 nitrogen and oxygen atoms in total. The summed E-state index contributed by atoms with van der Waals surface area (Å²) in [7, 11) is 0. The Labute approximate surface area is 209 Å². The largest absolute Gasteiger partial charge is 0.338 e. The summed E-state index contributed by atoms with van der Waals surface area (Å²) in [6.45, 7) is 3.52. The van der Waals surface area contributed by atoms with E-state index < -0.39 is 0 Å². The normalized spacial score (nSPS) is 11.2.